The standard InChI is InChI=1S/C33H34/c1-31(2,3)25-17-19-29-27(21-25)28-22-26(32(4,5)6)18-20-30(28)33(29,23-13-9-7-10-14-23)24-15-11-8-12-16-24/h7-22H,1-6H3. The second-order valence-corrected chi connectivity index (χ2v) is 11.5. The van der Waals surface area contributed by atoms with E-state index in [1.165, 1.54) is 44.5 Å². The summed E-state index contributed by atoms with van der Waals surface area (Å²) >= 11 is 0. The van der Waals surface area contributed by atoms with E-state index >= 15 is 0 Å². The van der Waals surface area contributed by atoms with Gasteiger partial charge in [0.25, 0.3) is 0 Å². The summed E-state index contributed by atoms with van der Waals surface area (Å²) in [5.41, 5.74) is 10.8. The van der Waals surface area contributed by atoms with E-state index in [1.54, 1.807) is 0 Å². The molecule has 1 aliphatic carbocycles. The molecule has 0 heterocycles. The first-order chi connectivity index (χ1) is 15.6. The zero-order chi connectivity index (χ0) is 23.4. The highest BCUT2D eigenvalue weighted by Gasteiger charge is 2.46. The van der Waals surface area contributed by atoms with E-state index in [-0.39, 0.29) is 16.2 Å². The molecule has 0 aliphatic heterocycles. The third-order valence-electron chi connectivity index (χ3n) is 7.28. The summed E-state index contributed by atoms with van der Waals surface area (Å²) in [5, 5.41) is 0. The molecule has 0 unspecified atom stereocenters. The lowest BCUT2D eigenvalue weighted by Gasteiger charge is -2.34. The maximum Gasteiger partial charge on any atom is 0.0713 e. The quantitative estimate of drug-likeness (QED) is 0.263. The van der Waals surface area contributed by atoms with Crippen LogP contribution in [0.1, 0.15) is 74.9 Å². The van der Waals surface area contributed by atoms with Crippen molar-refractivity contribution < 1.29 is 0 Å². The van der Waals surface area contributed by atoms with Crippen LogP contribution in [0.2, 0.25) is 0 Å². The SMILES string of the molecule is CC(C)(C)c1ccc2c(c1)-c1cc(C(C)(C)C)ccc1C2(c1ccccc1)c1ccccc1. The van der Waals surface area contributed by atoms with Crippen LogP contribution in [0.3, 0.4) is 0 Å². The molecule has 4 aromatic carbocycles. The Morgan fingerprint density at radius 2 is 0.818 bits per heavy atom. The van der Waals surface area contributed by atoms with Gasteiger partial charge < -0.3 is 0 Å². The van der Waals surface area contributed by atoms with E-state index in [0.29, 0.717) is 0 Å². The van der Waals surface area contributed by atoms with Crippen molar-refractivity contribution in [1.29, 1.82) is 0 Å². The fraction of sp³-hybridized carbons (Fsp3) is 0.273. The molecule has 0 spiro atoms. The minimum atomic E-state index is -0.319. The highest BCUT2D eigenvalue weighted by Crippen LogP contribution is 2.57. The first-order valence-corrected chi connectivity index (χ1v) is 12.0. The number of fused-ring (bicyclic) bond motifs is 3. The first-order valence-electron chi connectivity index (χ1n) is 12.0. The molecule has 0 amide bonds. The van der Waals surface area contributed by atoms with Gasteiger partial charge >= 0.3 is 0 Å². The van der Waals surface area contributed by atoms with Crippen LogP contribution in [0, 0.1) is 0 Å². The zero-order valence-corrected chi connectivity index (χ0v) is 20.7. The van der Waals surface area contributed by atoms with Crippen molar-refractivity contribution in [3.8, 4) is 11.1 Å². The average Bonchev–Trinajstić information content (AvgIpc) is 3.09. The molecule has 33 heavy (non-hydrogen) atoms. The molecule has 0 radical (unpaired) electrons. The predicted molar refractivity (Wildman–Crippen MR) is 141 cm³/mol. The van der Waals surface area contributed by atoms with Crippen molar-refractivity contribution in [3.05, 3.63) is 130 Å². The molecule has 166 valence electrons. The second kappa shape index (κ2) is 7.45. The van der Waals surface area contributed by atoms with E-state index in [0.717, 1.165) is 0 Å². The maximum absolute atomic E-state index is 2.45. The Hall–Kier alpha value is -3.12. The molecule has 0 atom stereocenters. The molecule has 0 fully saturated rings. The molecule has 0 saturated heterocycles. The van der Waals surface area contributed by atoms with Gasteiger partial charge in [0.2, 0.25) is 0 Å². The molecule has 0 heteroatoms. The van der Waals surface area contributed by atoms with E-state index < -0.39 is 0 Å². The molecule has 0 nitrogen and oxygen atoms in total. The van der Waals surface area contributed by atoms with Gasteiger partial charge in [0.05, 0.1) is 5.41 Å². The molecule has 0 aromatic heterocycles. The van der Waals surface area contributed by atoms with E-state index in [4.69, 9.17) is 0 Å². The second-order valence-electron chi connectivity index (χ2n) is 11.5. The number of hydrogen-bond acceptors (Lipinski definition) is 0. The van der Waals surface area contributed by atoms with Crippen LogP contribution >= 0.6 is 0 Å². The van der Waals surface area contributed by atoms with Gasteiger partial charge in [-0.05, 0) is 55.3 Å². The molecule has 0 saturated carbocycles. The lowest BCUT2D eigenvalue weighted by Crippen LogP contribution is -2.28. The van der Waals surface area contributed by atoms with Crippen LogP contribution in [-0.4, -0.2) is 0 Å². The highest BCUT2D eigenvalue weighted by molar-refractivity contribution is 5.87. The van der Waals surface area contributed by atoms with Gasteiger partial charge in [-0.15, -0.1) is 0 Å². The third kappa shape index (κ3) is 3.35. The van der Waals surface area contributed by atoms with Crippen molar-refractivity contribution in [2.75, 3.05) is 0 Å². The molecular weight excluding hydrogens is 396 g/mol. The van der Waals surface area contributed by atoms with Gasteiger partial charge in [0.1, 0.15) is 0 Å². The van der Waals surface area contributed by atoms with Crippen molar-refractivity contribution >= 4 is 0 Å². The Morgan fingerprint density at radius 3 is 1.15 bits per heavy atom. The van der Waals surface area contributed by atoms with Crippen molar-refractivity contribution in [2.24, 2.45) is 0 Å². The smallest absolute Gasteiger partial charge is 0.0622 e. The number of hydrogen-bond donors (Lipinski definition) is 0. The molecular formula is C33H34. The largest absolute Gasteiger partial charge is 0.0713 e. The zero-order valence-electron chi connectivity index (χ0n) is 20.7. The molecule has 4 aromatic rings. The third-order valence-corrected chi connectivity index (χ3v) is 7.28. The van der Waals surface area contributed by atoms with Crippen LogP contribution in [0.5, 0.6) is 0 Å². The lowest BCUT2D eigenvalue weighted by atomic mass is 9.67. The predicted octanol–water partition coefficient (Wildman–Crippen LogP) is 8.64. The Balaban J connectivity index is 1.94. The van der Waals surface area contributed by atoms with Crippen molar-refractivity contribution in [1.82, 2.24) is 0 Å². The molecule has 5 rings (SSSR count). The Morgan fingerprint density at radius 1 is 0.455 bits per heavy atom. The van der Waals surface area contributed by atoms with E-state index in [1.807, 2.05) is 0 Å². The number of benzene rings is 4. The van der Waals surface area contributed by atoms with Crippen molar-refractivity contribution in [3.63, 3.8) is 0 Å². The summed E-state index contributed by atoms with van der Waals surface area (Å²) in [4.78, 5) is 0. The van der Waals surface area contributed by atoms with E-state index in [2.05, 4.69) is 139 Å². The number of rotatable bonds is 2. The van der Waals surface area contributed by atoms with E-state index in [9.17, 15) is 0 Å². The summed E-state index contributed by atoms with van der Waals surface area (Å²) in [7, 11) is 0. The molecule has 1 aliphatic rings. The summed E-state index contributed by atoms with van der Waals surface area (Å²) in [5.74, 6) is 0. The van der Waals surface area contributed by atoms with Gasteiger partial charge in [-0.3, -0.25) is 0 Å². The Bertz CT molecular complexity index is 1190. The van der Waals surface area contributed by atoms with Gasteiger partial charge in [-0.2, -0.15) is 0 Å². The van der Waals surface area contributed by atoms with Crippen molar-refractivity contribution in [2.45, 2.75) is 57.8 Å². The summed E-state index contributed by atoms with van der Waals surface area (Å²) in [6, 6.07) is 36.5. The van der Waals surface area contributed by atoms with Gasteiger partial charge in [-0.25, -0.2) is 0 Å². The topological polar surface area (TPSA) is 0 Å². The first kappa shape index (κ1) is 21.7. The molecule has 0 N–H and O–H groups in total. The van der Waals surface area contributed by atoms with Crippen LogP contribution in [-0.2, 0) is 16.2 Å². The molecule has 0 bridgehead atoms. The minimum absolute atomic E-state index is 0.0988. The van der Waals surface area contributed by atoms with Crippen LogP contribution in [0.4, 0.5) is 0 Å². The lowest BCUT2D eigenvalue weighted by molar-refractivity contribution is 0.589. The Labute approximate surface area is 199 Å². The fourth-order valence-electron chi connectivity index (χ4n) is 5.43. The van der Waals surface area contributed by atoms with Crippen LogP contribution in [0.15, 0.2) is 97.1 Å². The summed E-state index contributed by atoms with van der Waals surface area (Å²) in [6.07, 6.45) is 0. The maximum atomic E-state index is 2.45. The minimum Gasteiger partial charge on any atom is -0.0622 e. The fourth-order valence-corrected chi connectivity index (χ4v) is 5.43. The summed E-state index contributed by atoms with van der Waals surface area (Å²) in [6.45, 7) is 13.8. The summed E-state index contributed by atoms with van der Waals surface area (Å²) < 4.78 is 0. The average molecular weight is 431 g/mol. The van der Waals surface area contributed by atoms with Gasteiger partial charge in [-0.1, -0.05) is 139 Å². The monoisotopic (exact) mass is 430 g/mol. The highest BCUT2D eigenvalue weighted by atomic mass is 14.5. The van der Waals surface area contributed by atoms with Crippen LogP contribution < -0.4 is 0 Å². The Kier molecular flexibility index (Phi) is 4.90. The normalized spacial score (nSPS) is 14.6. The van der Waals surface area contributed by atoms with Gasteiger partial charge in [0, 0.05) is 0 Å². The van der Waals surface area contributed by atoms with Crippen LogP contribution in [0.25, 0.3) is 11.1 Å². The van der Waals surface area contributed by atoms with Gasteiger partial charge in [0.15, 0.2) is 0 Å².